The minimum absolute atomic E-state index is 0.125. The molecule has 3 rings (SSSR count). The van der Waals surface area contributed by atoms with Crippen LogP contribution in [0.2, 0.25) is 0 Å². The summed E-state index contributed by atoms with van der Waals surface area (Å²) in [5.74, 6) is -2.30. The van der Waals surface area contributed by atoms with E-state index in [4.69, 9.17) is 0 Å². The Hall–Kier alpha value is -3.48. The minimum atomic E-state index is -1.01. The van der Waals surface area contributed by atoms with Crippen LogP contribution in [0.1, 0.15) is 65.9 Å². The van der Waals surface area contributed by atoms with Crippen molar-refractivity contribution >= 4 is 11.9 Å². The molecule has 32 heavy (non-hydrogen) atoms. The second-order valence-electron chi connectivity index (χ2n) is 7.74. The lowest BCUT2D eigenvalue weighted by Gasteiger charge is -2.09. The number of halogens is 1. The monoisotopic (exact) mass is 438 g/mol. The lowest BCUT2D eigenvalue weighted by atomic mass is 9.99. The predicted octanol–water partition coefficient (Wildman–Crippen LogP) is 4.99. The van der Waals surface area contributed by atoms with Gasteiger partial charge in [-0.25, -0.2) is 14.2 Å². The molecule has 0 spiro atoms. The van der Waals surface area contributed by atoms with Gasteiger partial charge in [0.1, 0.15) is 0 Å². The fourth-order valence-electron chi connectivity index (χ4n) is 3.75. The molecule has 0 bridgehead atoms. The number of aromatic nitrogens is 2. The van der Waals surface area contributed by atoms with Gasteiger partial charge in [-0.05, 0) is 35.6 Å². The second-order valence-corrected chi connectivity index (χ2v) is 7.74. The number of benzene rings is 2. The van der Waals surface area contributed by atoms with E-state index in [1.165, 1.54) is 4.57 Å². The molecule has 0 saturated heterocycles. The van der Waals surface area contributed by atoms with Crippen molar-refractivity contribution in [3.63, 3.8) is 0 Å². The Morgan fingerprint density at radius 3 is 2.31 bits per heavy atom. The number of rotatable bonds is 9. The van der Waals surface area contributed by atoms with Crippen molar-refractivity contribution in [2.45, 2.75) is 52.5 Å². The quantitative estimate of drug-likeness (QED) is 0.511. The minimum Gasteiger partial charge on any atom is -0.478 e. The maximum absolute atomic E-state index is 15.0. The van der Waals surface area contributed by atoms with Gasteiger partial charge in [-0.2, -0.15) is 4.39 Å². The Bertz CT molecular complexity index is 1180. The molecule has 7 heteroatoms. The normalized spacial score (nSPS) is 11.0. The third-order valence-corrected chi connectivity index (χ3v) is 5.43. The van der Waals surface area contributed by atoms with Gasteiger partial charge < -0.3 is 5.11 Å². The van der Waals surface area contributed by atoms with Gasteiger partial charge in [-0.3, -0.25) is 9.36 Å². The summed E-state index contributed by atoms with van der Waals surface area (Å²) in [7, 11) is 0. The van der Waals surface area contributed by atoms with E-state index in [1.807, 2.05) is 13.8 Å². The number of carbonyl (C=O) groups is 2. The molecular formula is C25H27FN2O4. The molecule has 0 amide bonds. The number of nitrogens with zero attached hydrogens (tertiary/aromatic N) is 2. The summed E-state index contributed by atoms with van der Waals surface area (Å²) in [6.07, 6.45) is 2.48. The molecule has 0 unspecified atom stereocenters. The average Bonchev–Trinajstić information content (AvgIpc) is 3.02. The smallest absolute Gasteiger partial charge is 0.337 e. The maximum Gasteiger partial charge on any atom is 0.337 e. The average molecular weight is 438 g/mol. The van der Waals surface area contributed by atoms with Gasteiger partial charge in [0.2, 0.25) is 11.9 Å². The third kappa shape index (κ3) is 4.72. The van der Waals surface area contributed by atoms with E-state index in [0.717, 1.165) is 17.5 Å². The van der Waals surface area contributed by atoms with E-state index in [9.17, 15) is 23.9 Å². The number of carboxylic acid groups (broad SMARTS) is 1. The highest BCUT2D eigenvalue weighted by molar-refractivity contribution is 5.96. The topological polar surface area (TPSA) is 81.3 Å². The second kappa shape index (κ2) is 10.2. The van der Waals surface area contributed by atoms with Crippen molar-refractivity contribution in [3.05, 3.63) is 81.8 Å². The van der Waals surface area contributed by atoms with Crippen LogP contribution >= 0.6 is 0 Å². The summed E-state index contributed by atoms with van der Waals surface area (Å²) in [5.41, 5.74) is 1.83. The molecular weight excluding hydrogens is 411 g/mol. The van der Waals surface area contributed by atoms with E-state index in [0.29, 0.717) is 29.4 Å². The van der Waals surface area contributed by atoms with Crippen LogP contribution < -0.4 is 5.69 Å². The summed E-state index contributed by atoms with van der Waals surface area (Å²) < 4.78 is 17.0. The first-order valence-corrected chi connectivity index (χ1v) is 10.8. The molecule has 6 nitrogen and oxygen atoms in total. The van der Waals surface area contributed by atoms with Crippen molar-refractivity contribution in [2.24, 2.45) is 0 Å². The number of unbranched alkanes of at least 4 members (excludes halogenated alkanes) is 1. The molecule has 0 aliphatic carbocycles. The molecule has 1 N–H and O–H groups in total. The van der Waals surface area contributed by atoms with Crippen LogP contribution in [0.25, 0.3) is 11.1 Å². The van der Waals surface area contributed by atoms with Crippen LogP contribution in [-0.4, -0.2) is 26.1 Å². The summed E-state index contributed by atoms with van der Waals surface area (Å²) in [5, 5.41) is 9.41. The molecule has 168 valence electrons. The Labute approximate surface area is 185 Å². The van der Waals surface area contributed by atoms with Crippen molar-refractivity contribution in [3.8, 4) is 11.1 Å². The fraction of sp³-hybridized carbons (Fsp3) is 0.320. The number of aromatic carboxylic acids is 1. The molecule has 3 aromatic rings. The Kier molecular flexibility index (Phi) is 7.41. The van der Waals surface area contributed by atoms with Crippen LogP contribution in [0.15, 0.2) is 53.3 Å². The fourth-order valence-corrected chi connectivity index (χ4v) is 3.75. The first kappa shape index (κ1) is 23.2. The van der Waals surface area contributed by atoms with Crippen LogP contribution in [-0.2, 0) is 13.0 Å². The standard InChI is InChI=1S/C25H27FN2O4/c1-3-5-11-22(29)28-23(26)21(8-4-2)27(25(28)32)16-17-12-14-18(15-13-17)19-9-6-7-10-20(19)24(30)31/h6-7,9-10,12-15H,3-5,8,11,16H2,1-2H3,(H,30,31). The van der Waals surface area contributed by atoms with Crippen LogP contribution in [0.3, 0.4) is 0 Å². The highest BCUT2D eigenvalue weighted by Gasteiger charge is 2.23. The summed E-state index contributed by atoms with van der Waals surface area (Å²) in [6.45, 7) is 3.94. The van der Waals surface area contributed by atoms with Gasteiger partial charge >= 0.3 is 11.7 Å². The van der Waals surface area contributed by atoms with Gasteiger partial charge in [0, 0.05) is 6.42 Å². The highest BCUT2D eigenvalue weighted by Crippen LogP contribution is 2.24. The van der Waals surface area contributed by atoms with E-state index < -0.39 is 23.5 Å². The first-order valence-electron chi connectivity index (χ1n) is 10.8. The predicted molar refractivity (Wildman–Crippen MR) is 121 cm³/mol. The van der Waals surface area contributed by atoms with E-state index in [-0.39, 0.29) is 24.2 Å². The van der Waals surface area contributed by atoms with Crippen molar-refractivity contribution in [1.82, 2.24) is 9.13 Å². The highest BCUT2D eigenvalue weighted by atomic mass is 19.1. The van der Waals surface area contributed by atoms with Crippen molar-refractivity contribution in [2.75, 3.05) is 0 Å². The molecule has 0 radical (unpaired) electrons. The van der Waals surface area contributed by atoms with Gasteiger partial charge in [-0.1, -0.05) is 69.2 Å². The number of hydrogen-bond acceptors (Lipinski definition) is 3. The maximum atomic E-state index is 15.0. The Balaban J connectivity index is 1.94. The SMILES string of the molecule is CCCCC(=O)n1c(F)c(CCC)n(Cc2ccc(-c3ccccc3C(=O)O)cc2)c1=O. The zero-order valence-corrected chi connectivity index (χ0v) is 18.3. The lowest BCUT2D eigenvalue weighted by Crippen LogP contribution is -2.30. The molecule has 0 fully saturated rings. The number of hydrogen-bond donors (Lipinski definition) is 1. The van der Waals surface area contributed by atoms with Gasteiger partial charge in [0.25, 0.3) is 0 Å². The van der Waals surface area contributed by atoms with Crippen molar-refractivity contribution < 1.29 is 19.1 Å². The van der Waals surface area contributed by atoms with E-state index >= 15 is 0 Å². The molecule has 1 aromatic heterocycles. The van der Waals surface area contributed by atoms with Crippen molar-refractivity contribution in [1.29, 1.82) is 0 Å². The molecule has 2 aromatic carbocycles. The third-order valence-electron chi connectivity index (χ3n) is 5.43. The summed E-state index contributed by atoms with van der Waals surface area (Å²) in [4.78, 5) is 36.8. The van der Waals surface area contributed by atoms with Gasteiger partial charge in [0.05, 0.1) is 17.8 Å². The van der Waals surface area contributed by atoms with Gasteiger partial charge in [0.15, 0.2) is 0 Å². The van der Waals surface area contributed by atoms with E-state index in [1.54, 1.807) is 48.5 Å². The zero-order valence-electron chi connectivity index (χ0n) is 18.3. The number of carboxylic acids is 1. The molecule has 0 aliphatic rings. The number of imidazole rings is 1. The summed E-state index contributed by atoms with van der Waals surface area (Å²) in [6, 6.07) is 13.8. The molecule has 0 atom stereocenters. The number of carbonyl (C=O) groups excluding carboxylic acids is 1. The van der Waals surface area contributed by atoms with E-state index in [2.05, 4.69) is 0 Å². The Morgan fingerprint density at radius 1 is 1.00 bits per heavy atom. The lowest BCUT2D eigenvalue weighted by molar-refractivity contribution is 0.0697. The van der Waals surface area contributed by atoms with Crippen LogP contribution in [0.5, 0.6) is 0 Å². The van der Waals surface area contributed by atoms with Gasteiger partial charge in [-0.15, -0.1) is 0 Å². The van der Waals surface area contributed by atoms with Crippen LogP contribution in [0.4, 0.5) is 4.39 Å². The Morgan fingerprint density at radius 2 is 1.69 bits per heavy atom. The zero-order chi connectivity index (χ0) is 23.3. The largest absolute Gasteiger partial charge is 0.478 e. The molecule has 1 heterocycles. The first-order chi connectivity index (χ1) is 15.4. The molecule has 0 aliphatic heterocycles. The summed E-state index contributed by atoms with van der Waals surface area (Å²) >= 11 is 0. The molecule has 0 saturated carbocycles. The van der Waals surface area contributed by atoms with Crippen LogP contribution in [0, 0.1) is 5.95 Å².